The Morgan fingerprint density at radius 1 is 0.568 bits per heavy atom. The van der Waals surface area contributed by atoms with Crippen LogP contribution in [0.4, 0.5) is 0 Å². The fourth-order valence-corrected chi connectivity index (χ4v) is 2.90. The Morgan fingerprint density at radius 3 is 1.22 bits per heavy atom. The van der Waals surface area contributed by atoms with Gasteiger partial charge in [-0.1, -0.05) is 48.5 Å². The maximum atomic E-state index is 8.25. The van der Waals surface area contributed by atoms with E-state index in [0.29, 0.717) is 13.2 Å². The summed E-state index contributed by atoms with van der Waals surface area (Å²) in [5, 5.41) is 29.5. The molecule has 2 aromatic heterocycles. The summed E-state index contributed by atoms with van der Waals surface area (Å²) in [6, 6.07) is 27.5. The van der Waals surface area contributed by atoms with E-state index < -0.39 is 10.2 Å². The Hall–Kier alpha value is -4.34. The molecule has 0 N–H and O–H groups in total. The number of nitrogens with zero attached hydrogens (tertiary/aromatic N) is 4. The van der Waals surface area contributed by atoms with Gasteiger partial charge < -0.3 is 40.1 Å². The Balaban J connectivity index is 0.000000671. The Labute approximate surface area is 231 Å². The van der Waals surface area contributed by atoms with Crippen LogP contribution in [0.3, 0.4) is 0 Å². The first-order valence-electron chi connectivity index (χ1n) is 10.2. The Morgan fingerprint density at radius 2 is 0.892 bits per heavy atom. The van der Waals surface area contributed by atoms with Crippen molar-refractivity contribution >= 4 is 0 Å². The van der Waals surface area contributed by atoms with Crippen LogP contribution in [0.5, 0.6) is 11.5 Å². The smallest absolute Gasteiger partial charge is 0.487 e. The number of benzene rings is 2. The summed E-state index contributed by atoms with van der Waals surface area (Å²) in [6.45, 7) is 0.823. The molecule has 0 spiro atoms. The van der Waals surface area contributed by atoms with Crippen molar-refractivity contribution in [2.24, 2.45) is 0 Å². The minimum absolute atomic E-state index is 0. The maximum Gasteiger partial charge on any atom is 2.00 e. The predicted octanol–water partition coefficient (Wildman–Crippen LogP) is 4.82. The molecule has 13 heteroatoms. The third kappa shape index (κ3) is 12.3. The van der Waals surface area contributed by atoms with E-state index in [2.05, 4.69) is 9.97 Å². The molecular formula is C24H20CdN4O8. The van der Waals surface area contributed by atoms with Crippen molar-refractivity contribution in [2.45, 2.75) is 13.2 Å². The third-order valence-corrected chi connectivity index (χ3v) is 4.27. The Bertz CT molecular complexity index is 1130. The molecular weight excluding hydrogens is 585 g/mol. The van der Waals surface area contributed by atoms with Crippen molar-refractivity contribution in [3.63, 3.8) is 0 Å². The summed E-state index contributed by atoms with van der Waals surface area (Å²) < 4.78 is 12.1. The van der Waals surface area contributed by atoms with Gasteiger partial charge in [-0.05, 0) is 36.4 Å². The van der Waals surface area contributed by atoms with Crippen LogP contribution in [0.15, 0.2) is 97.3 Å². The minimum atomic E-state index is -1.75. The summed E-state index contributed by atoms with van der Waals surface area (Å²) in [5.41, 5.74) is 3.74. The van der Waals surface area contributed by atoms with Crippen LogP contribution >= 0.6 is 0 Å². The fourth-order valence-electron chi connectivity index (χ4n) is 2.90. The van der Waals surface area contributed by atoms with Gasteiger partial charge in [-0.2, -0.15) is 0 Å². The molecule has 0 bridgehead atoms. The largest absolute Gasteiger partial charge is 2.00 e. The minimum Gasteiger partial charge on any atom is -0.487 e. The number of ether oxygens (including phenoxy) is 2. The van der Waals surface area contributed by atoms with Gasteiger partial charge in [-0.15, -0.1) is 0 Å². The van der Waals surface area contributed by atoms with Crippen LogP contribution in [0.25, 0.3) is 11.1 Å². The zero-order valence-corrected chi connectivity index (χ0v) is 23.5. The zero-order valence-electron chi connectivity index (χ0n) is 19.4. The molecule has 0 fully saturated rings. The van der Waals surface area contributed by atoms with Gasteiger partial charge in [0.05, 0.1) is 21.6 Å². The monoisotopic (exact) mass is 606 g/mol. The molecule has 0 aliphatic rings. The molecule has 0 aliphatic heterocycles. The number of para-hydroxylation sites is 2. The number of hydrogen-bond donors (Lipinski definition) is 0. The van der Waals surface area contributed by atoms with Gasteiger partial charge in [-0.25, -0.2) is 0 Å². The molecule has 0 saturated heterocycles. The van der Waals surface area contributed by atoms with Gasteiger partial charge >= 0.3 is 27.3 Å². The van der Waals surface area contributed by atoms with Crippen molar-refractivity contribution in [3.05, 3.63) is 139 Å². The van der Waals surface area contributed by atoms with Gasteiger partial charge in [0.2, 0.25) is 0 Å². The fraction of sp³-hybridized carbons (Fsp3) is 0.0833. The molecule has 0 saturated carbocycles. The summed E-state index contributed by atoms with van der Waals surface area (Å²) in [7, 11) is 0. The molecule has 4 aromatic rings. The summed E-state index contributed by atoms with van der Waals surface area (Å²) in [6.07, 6.45) is 3.54. The van der Waals surface area contributed by atoms with Crippen molar-refractivity contribution in [1.29, 1.82) is 0 Å². The van der Waals surface area contributed by atoms with Crippen LogP contribution in [0, 0.1) is 30.6 Å². The molecule has 0 aliphatic carbocycles. The zero-order chi connectivity index (χ0) is 26.2. The quantitative estimate of drug-likeness (QED) is 0.161. The van der Waals surface area contributed by atoms with Crippen molar-refractivity contribution in [1.82, 2.24) is 9.97 Å². The van der Waals surface area contributed by atoms with Gasteiger partial charge in [0.15, 0.2) is 0 Å². The molecule has 0 unspecified atom stereocenters. The molecule has 4 rings (SSSR count). The first kappa shape index (κ1) is 30.7. The number of pyridine rings is 2. The van der Waals surface area contributed by atoms with Crippen LogP contribution in [0.1, 0.15) is 11.4 Å². The Kier molecular flexibility index (Phi) is 14.2. The molecule has 2 aromatic carbocycles. The second-order valence-corrected chi connectivity index (χ2v) is 6.66. The van der Waals surface area contributed by atoms with Gasteiger partial charge in [0.25, 0.3) is 0 Å². The van der Waals surface area contributed by atoms with E-state index >= 15 is 0 Å². The average molecular weight is 605 g/mol. The van der Waals surface area contributed by atoms with Crippen LogP contribution < -0.4 is 9.47 Å². The molecule has 37 heavy (non-hydrogen) atoms. The summed E-state index contributed by atoms with van der Waals surface area (Å²) in [4.78, 5) is 25.1. The van der Waals surface area contributed by atoms with E-state index in [9.17, 15) is 0 Å². The molecule has 0 radical (unpaired) electrons. The SMILES string of the molecule is O=[N+]([O-])[O-].O=[N+]([O-])[O-].[Cd+2].c1ccc(COc2ccccc2-c2ccccc2OCc2ccccn2)nc1. The van der Waals surface area contributed by atoms with E-state index in [0.717, 1.165) is 34.0 Å². The normalized spacial score (nSPS) is 9.19. The number of aromatic nitrogens is 2. The van der Waals surface area contributed by atoms with Crippen LogP contribution in [-0.4, -0.2) is 20.1 Å². The van der Waals surface area contributed by atoms with Gasteiger partial charge in [-0.3, -0.25) is 9.97 Å². The third-order valence-electron chi connectivity index (χ3n) is 4.27. The second-order valence-electron chi connectivity index (χ2n) is 6.66. The predicted molar refractivity (Wildman–Crippen MR) is 130 cm³/mol. The van der Waals surface area contributed by atoms with Gasteiger partial charge in [0, 0.05) is 23.5 Å². The number of hydrogen-bond acceptors (Lipinski definition) is 10. The molecule has 0 atom stereocenters. The first-order valence-corrected chi connectivity index (χ1v) is 10.2. The number of rotatable bonds is 7. The maximum absolute atomic E-state index is 8.25. The first-order chi connectivity index (χ1) is 17.4. The van der Waals surface area contributed by atoms with E-state index in [1.165, 1.54) is 0 Å². The second kappa shape index (κ2) is 17.1. The van der Waals surface area contributed by atoms with Gasteiger partial charge in [0.1, 0.15) is 24.7 Å². The molecule has 12 nitrogen and oxygen atoms in total. The standard InChI is InChI=1S/C24H20N2O2.Cd.2NO3/c1-3-13-23(27-17-19-9-5-7-15-25-19)21(11-1)22-12-2-4-14-24(22)28-18-20-10-6-8-16-26-20;;2*2-1(3)4/h1-16H,17-18H2;;;/q;+2;2*-1. The summed E-state index contributed by atoms with van der Waals surface area (Å²) in [5.74, 6) is 1.59. The van der Waals surface area contributed by atoms with Crippen molar-refractivity contribution < 1.29 is 46.9 Å². The van der Waals surface area contributed by atoms with E-state index in [1.807, 2.05) is 84.9 Å². The molecule has 0 amide bonds. The average Bonchev–Trinajstić information content (AvgIpc) is 2.87. The molecule has 2 heterocycles. The van der Waals surface area contributed by atoms with Crippen molar-refractivity contribution in [2.75, 3.05) is 0 Å². The van der Waals surface area contributed by atoms with Crippen LogP contribution in [0.2, 0.25) is 0 Å². The van der Waals surface area contributed by atoms with E-state index in [4.69, 9.17) is 40.1 Å². The van der Waals surface area contributed by atoms with E-state index in [-0.39, 0.29) is 27.3 Å². The van der Waals surface area contributed by atoms with E-state index in [1.54, 1.807) is 12.4 Å². The molecule has 186 valence electrons. The van der Waals surface area contributed by atoms with Crippen molar-refractivity contribution in [3.8, 4) is 22.6 Å². The van der Waals surface area contributed by atoms with Crippen LogP contribution in [-0.2, 0) is 40.5 Å². The topological polar surface area (TPSA) is 177 Å². The summed E-state index contributed by atoms with van der Waals surface area (Å²) >= 11 is 0.